The highest BCUT2D eigenvalue weighted by Gasteiger charge is 2.13. The molecule has 0 radical (unpaired) electrons. The number of hydrogen-bond acceptors (Lipinski definition) is 6. The molecule has 0 bridgehead atoms. The lowest BCUT2D eigenvalue weighted by Gasteiger charge is -2.07. The summed E-state index contributed by atoms with van der Waals surface area (Å²) in [7, 11) is 0. The van der Waals surface area contributed by atoms with Crippen LogP contribution in [0.1, 0.15) is 0 Å². The van der Waals surface area contributed by atoms with Crippen LogP contribution in [0.2, 0.25) is 0 Å². The van der Waals surface area contributed by atoms with Crippen molar-refractivity contribution < 1.29 is 9.90 Å². The number of H-pyrrole nitrogens is 2. The van der Waals surface area contributed by atoms with Crippen molar-refractivity contribution in [2.75, 3.05) is 5.75 Å². The third kappa shape index (κ3) is 3.44. The van der Waals surface area contributed by atoms with Crippen molar-refractivity contribution in [2.45, 2.75) is 5.16 Å². The van der Waals surface area contributed by atoms with Gasteiger partial charge in [0.05, 0.1) is 5.75 Å². The van der Waals surface area contributed by atoms with Crippen molar-refractivity contribution in [1.29, 1.82) is 0 Å². The zero-order chi connectivity index (χ0) is 18.8. The number of nitroso groups, excluding NO2 is 1. The van der Waals surface area contributed by atoms with Gasteiger partial charge < -0.3 is 10.1 Å². The van der Waals surface area contributed by atoms with Crippen LogP contribution in [-0.4, -0.2) is 37.0 Å². The molecular formula is C18H13N5O3S. The van der Waals surface area contributed by atoms with E-state index >= 15 is 0 Å². The van der Waals surface area contributed by atoms with Gasteiger partial charge in [0.15, 0.2) is 5.82 Å². The van der Waals surface area contributed by atoms with Crippen LogP contribution >= 0.6 is 11.8 Å². The molecular weight excluding hydrogens is 366 g/mol. The minimum absolute atomic E-state index is 0.131. The monoisotopic (exact) mass is 379 g/mol. The van der Waals surface area contributed by atoms with Gasteiger partial charge in [-0.2, -0.15) is 0 Å². The fourth-order valence-corrected chi connectivity index (χ4v) is 3.38. The van der Waals surface area contributed by atoms with E-state index in [9.17, 15) is 9.70 Å². The molecule has 3 N–H and O–H groups in total. The molecule has 0 amide bonds. The Morgan fingerprint density at radius 3 is 2.85 bits per heavy atom. The topological polar surface area (TPSA) is 124 Å². The normalized spacial score (nSPS) is 11.0. The lowest BCUT2D eigenvalue weighted by atomic mass is 9.99. The minimum atomic E-state index is -0.944. The summed E-state index contributed by atoms with van der Waals surface area (Å²) >= 11 is 1.02. The third-order valence-electron chi connectivity index (χ3n) is 3.99. The summed E-state index contributed by atoms with van der Waals surface area (Å²) in [6, 6.07) is 13.1. The van der Waals surface area contributed by atoms with Gasteiger partial charge in [0.25, 0.3) is 0 Å². The van der Waals surface area contributed by atoms with Gasteiger partial charge in [0.2, 0.25) is 5.16 Å². The number of carbonyl (C=O) groups is 1. The van der Waals surface area contributed by atoms with E-state index in [0.717, 1.165) is 33.8 Å². The van der Waals surface area contributed by atoms with Crippen LogP contribution in [0.15, 0.2) is 59.0 Å². The van der Waals surface area contributed by atoms with E-state index in [1.807, 2.05) is 36.5 Å². The summed E-state index contributed by atoms with van der Waals surface area (Å²) in [4.78, 5) is 29.3. The molecule has 2 aromatic carbocycles. The molecule has 4 aromatic rings. The highest BCUT2D eigenvalue weighted by atomic mass is 32.2. The number of aliphatic carboxylic acids is 1. The Hall–Kier alpha value is -3.46. The van der Waals surface area contributed by atoms with Crippen LogP contribution in [0.3, 0.4) is 0 Å². The summed E-state index contributed by atoms with van der Waals surface area (Å²) in [5.41, 5.74) is 3.69. The van der Waals surface area contributed by atoms with Crippen LogP contribution < -0.4 is 0 Å². The summed E-state index contributed by atoms with van der Waals surface area (Å²) in [5, 5.41) is 20.0. The minimum Gasteiger partial charge on any atom is -0.481 e. The van der Waals surface area contributed by atoms with Crippen LogP contribution in [-0.2, 0) is 4.79 Å². The fourth-order valence-electron chi connectivity index (χ4n) is 2.86. The second kappa shape index (κ2) is 7.04. The van der Waals surface area contributed by atoms with Crippen LogP contribution in [0.25, 0.3) is 33.4 Å². The van der Waals surface area contributed by atoms with E-state index in [2.05, 4.69) is 25.3 Å². The molecule has 0 aliphatic carbocycles. The lowest BCUT2D eigenvalue weighted by molar-refractivity contribution is -0.133. The number of fused-ring (bicyclic) bond motifs is 1. The molecule has 0 saturated heterocycles. The van der Waals surface area contributed by atoms with Crippen LogP contribution in [0.4, 0.5) is 5.69 Å². The number of carboxylic acids is 1. The number of aromatic amines is 2. The molecule has 8 nitrogen and oxygen atoms in total. The largest absolute Gasteiger partial charge is 0.481 e. The SMILES string of the molecule is O=Nc1cc(-c2nc(SCC(=O)O)n[nH]2)cc(-c2cccc3[nH]ccc23)c1. The Bertz CT molecular complexity index is 1150. The summed E-state index contributed by atoms with van der Waals surface area (Å²) in [6.45, 7) is 0. The Balaban J connectivity index is 1.77. The van der Waals surface area contributed by atoms with E-state index < -0.39 is 5.97 Å². The fraction of sp³-hybridized carbons (Fsp3) is 0.0556. The number of rotatable bonds is 6. The Labute approximate surface area is 157 Å². The molecule has 2 aromatic heterocycles. The highest BCUT2D eigenvalue weighted by molar-refractivity contribution is 7.99. The Morgan fingerprint density at radius 2 is 2.04 bits per heavy atom. The molecule has 0 atom stereocenters. The lowest BCUT2D eigenvalue weighted by Crippen LogP contribution is -1.97. The number of thioether (sulfide) groups is 1. The summed E-state index contributed by atoms with van der Waals surface area (Å²) < 4.78 is 0. The van der Waals surface area contributed by atoms with E-state index in [1.165, 1.54) is 0 Å². The molecule has 4 rings (SSSR count). The first-order valence-corrected chi connectivity index (χ1v) is 8.95. The number of nitrogens with one attached hydrogen (secondary N) is 2. The average molecular weight is 379 g/mol. The van der Waals surface area contributed by atoms with E-state index in [1.54, 1.807) is 12.1 Å². The molecule has 27 heavy (non-hydrogen) atoms. The average Bonchev–Trinajstić information content (AvgIpc) is 3.35. The zero-order valence-electron chi connectivity index (χ0n) is 13.8. The Morgan fingerprint density at radius 1 is 1.19 bits per heavy atom. The van der Waals surface area contributed by atoms with E-state index in [4.69, 9.17) is 5.11 Å². The van der Waals surface area contributed by atoms with Gasteiger partial charge >= 0.3 is 5.97 Å². The van der Waals surface area contributed by atoms with Crippen molar-refractivity contribution in [2.24, 2.45) is 5.18 Å². The molecule has 134 valence electrons. The molecule has 0 aliphatic heterocycles. The van der Waals surface area contributed by atoms with Gasteiger partial charge in [-0.05, 0) is 46.6 Å². The number of hydrogen-bond donors (Lipinski definition) is 3. The van der Waals surface area contributed by atoms with Crippen LogP contribution in [0.5, 0.6) is 0 Å². The second-order valence-electron chi connectivity index (χ2n) is 5.75. The van der Waals surface area contributed by atoms with Gasteiger partial charge in [-0.3, -0.25) is 9.89 Å². The number of nitrogens with zero attached hydrogens (tertiary/aromatic N) is 3. The standard InChI is InChI=1S/C18H13N5O3S/c24-16(25)9-27-18-20-17(21-22-18)11-6-10(7-12(8-11)23-26)13-2-1-3-15-14(13)4-5-19-15/h1-8,19H,9H2,(H,24,25)(H,20,21,22). The van der Waals surface area contributed by atoms with E-state index in [0.29, 0.717) is 16.5 Å². The highest BCUT2D eigenvalue weighted by Crippen LogP contribution is 2.34. The van der Waals surface area contributed by atoms with Crippen molar-refractivity contribution in [3.8, 4) is 22.5 Å². The number of benzene rings is 2. The van der Waals surface area contributed by atoms with Crippen LogP contribution in [0, 0.1) is 4.91 Å². The van der Waals surface area contributed by atoms with Crippen molar-refractivity contribution in [3.05, 3.63) is 53.6 Å². The first-order valence-electron chi connectivity index (χ1n) is 7.96. The third-order valence-corrected chi connectivity index (χ3v) is 4.82. The maximum Gasteiger partial charge on any atom is 0.313 e. The molecule has 0 aliphatic rings. The first kappa shape index (κ1) is 17.0. The maximum atomic E-state index is 11.2. The maximum absolute atomic E-state index is 11.2. The van der Waals surface area contributed by atoms with Crippen molar-refractivity contribution in [1.82, 2.24) is 20.2 Å². The molecule has 2 heterocycles. The number of carboxylic acid groups (broad SMARTS) is 1. The molecule has 9 heteroatoms. The molecule has 0 saturated carbocycles. The summed E-state index contributed by atoms with van der Waals surface area (Å²) in [6.07, 6.45) is 1.86. The zero-order valence-corrected chi connectivity index (χ0v) is 14.7. The van der Waals surface area contributed by atoms with Gasteiger partial charge in [0.1, 0.15) is 5.69 Å². The van der Waals surface area contributed by atoms with Gasteiger partial charge in [0, 0.05) is 22.7 Å². The van der Waals surface area contributed by atoms with Gasteiger partial charge in [-0.1, -0.05) is 23.9 Å². The molecule has 0 unspecified atom stereocenters. The van der Waals surface area contributed by atoms with E-state index in [-0.39, 0.29) is 11.4 Å². The first-order chi connectivity index (χ1) is 13.1. The Kier molecular flexibility index (Phi) is 4.43. The second-order valence-corrected chi connectivity index (χ2v) is 6.70. The predicted molar refractivity (Wildman–Crippen MR) is 103 cm³/mol. The molecule has 0 fully saturated rings. The summed E-state index contributed by atoms with van der Waals surface area (Å²) in [5.74, 6) is -0.634. The van der Waals surface area contributed by atoms with Crippen molar-refractivity contribution in [3.63, 3.8) is 0 Å². The van der Waals surface area contributed by atoms with Gasteiger partial charge in [-0.15, -0.1) is 10.0 Å². The predicted octanol–water partition coefficient (Wildman–Crippen LogP) is 4.19. The quantitative estimate of drug-likeness (QED) is 0.341. The smallest absolute Gasteiger partial charge is 0.313 e. The number of aromatic nitrogens is 4. The molecule has 0 spiro atoms. The van der Waals surface area contributed by atoms with Gasteiger partial charge in [-0.25, -0.2) is 4.98 Å². The van der Waals surface area contributed by atoms with Crippen molar-refractivity contribution >= 4 is 34.3 Å².